The molecule has 1 aromatic heterocycles. The molecule has 2 N–H and O–H groups in total. The molecular weight excluding hydrogens is 158 g/mol. The second-order valence-corrected chi connectivity index (χ2v) is 2.46. The van der Waals surface area contributed by atoms with Crippen molar-refractivity contribution in [1.82, 2.24) is 9.78 Å². The number of hydrogen-bond donors (Lipinski definition) is 1. The molecule has 0 fully saturated rings. The van der Waals surface area contributed by atoms with Crippen LogP contribution in [-0.2, 0) is 7.05 Å². The van der Waals surface area contributed by atoms with Crippen molar-refractivity contribution in [3.8, 4) is 5.88 Å². The number of aromatic nitrogens is 2. The summed E-state index contributed by atoms with van der Waals surface area (Å²) in [5, 5.41) is 3.99. The lowest BCUT2D eigenvalue weighted by atomic mass is 10.2. The quantitative estimate of drug-likeness (QED) is 0.668. The van der Waals surface area contributed by atoms with Gasteiger partial charge in [0.1, 0.15) is 5.56 Å². The average Bonchev–Trinajstić information content (AvgIpc) is 2.24. The Labute approximate surface area is 70.1 Å². The maximum absolute atomic E-state index is 10.9. The van der Waals surface area contributed by atoms with E-state index in [2.05, 4.69) is 5.10 Å². The lowest BCUT2D eigenvalue weighted by Crippen LogP contribution is -2.13. The monoisotopic (exact) mass is 169 g/mol. The van der Waals surface area contributed by atoms with Gasteiger partial charge in [0.05, 0.1) is 12.8 Å². The molecular formula is C7H11N3O2. The molecule has 0 bridgehead atoms. The Balaban J connectivity index is 3.32. The number of primary amides is 1. The molecule has 0 aliphatic rings. The molecule has 0 saturated carbocycles. The number of aryl methyl sites for hydroxylation is 2. The maximum atomic E-state index is 10.9. The summed E-state index contributed by atoms with van der Waals surface area (Å²) < 4.78 is 6.44. The number of rotatable bonds is 2. The van der Waals surface area contributed by atoms with Crippen molar-refractivity contribution in [2.45, 2.75) is 6.92 Å². The largest absolute Gasteiger partial charge is 0.481 e. The first kappa shape index (κ1) is 8.58. The predicted molar refractivity (Wildman–Crippen MR) is 43.0 cm³/mol. The Morgan fingerprint density at radius 3 is 2.58 bits per heavy atom. The van der Waals surface area contributed by atoms with Crippen molar-refractivity contribution in [2.75, 3.05) is 7.11 Å². The topological polar surface area (TPSA) is 70.1 Å². The van der Waals surface area contributed by atoms with Crippen molar-refractivity contribution in [2.24, 2.45) is 12.8 Å². The summed E-state index contributed by atoms with van der Waals surface area (Å²) in [5.41, 5.74) is 6.06. The summed E-state index contributed by atoms with van der Waals surface area (Å²) in [7, 11) is 3.17. The summed E-state index contributed by atoms with van der Waals surface area (Å²) in [6.07, 6.45) is 0. The number of methoxy groups -OCH3 is 1. The van der Waals surface area contributed by atoms with Crippen LogP contribution in [0.1, 0.15) is 16.1 Å². The van der Waals surface area contributed by atoms with Crippen LogP contribution in [0.25, 0.3) is 0 Å². The van der Waals surface area contributed by atoms with Gasteiger partial charge in [-0.05, 0) is 6.92 Å². The molecule has 12 heavy (non-hydrogen) atoms. The van der Waals surface area contributed by atoms with Crippen LogP contribution in [0, 0.1) is 6.92 Å². The zero-order valence-corrected chi connectivity index (χ0v) is 7.29. The van der Waals surface area contributed by atoms with E-state index in [1.807, 2.05) is 0 Å². The fourth-order valence-corrected chi connectivity index (χ4v) is 1.15. The second-order valence-electron chi connectivity index (χ2n) is 2.46. The van der Waals surface area contributed by atoms with Crippen LogP contribution in [0.5, 0.6) is 5.88 Å². The minimum absolute atomic E-state index is 0.347. The Hall–Kier alpha value is -1.52. The Bertz CT molecular complexity index is 317. The number of nitrogens with two attached hydrogens (primary N) is 1. The number of hydrogen-bond acceptors (Lipinski definition) is 3. The Morgan fingerprint density at radius 2 is 2.25 bits per heavy atom. The van der Waals surface area contributed by atoms with Gasteiger partial charge in [-0.3, -0.25) is 4.79 Å². The van der Waals surface area contributed by atoms with E-state index in [4.69, 9.17) is 10.5 Å². The van der Waals surface area contributed by atoms with Crippen LogP contribution < -0.4 is 10.5 Å². The van der Waals surface area contributed by atoms with E-state index < -0.39 is 5.91 Å². The van der Waals surface area contributed by atoms with Gasteiger partial charge >= 0.3 is 0 Å². The highest BCUT2D eigenvalue weighted by Crippen LogP contribution is 2.19. The van der Waals surface area contributed by atoms with Crippen molar-refractivity contribution >= 4 is 5.91 Å². The molecule has 1 amide bonds. The molecule has 1 rings (SSSR count). The highest BCUT2D eigenvalue weighted by molar-refractivity contribution is 5.96. The summed E-state index contributed by atoms with van der Waals surface area (Å²) >= 11 is 0. The number of nitrogens with zero attached hydrogens (tertiary/aromatic N) is 2. The molecule has 0 saturated heterocycles. The van der Waals surface area contributed by atoms with Crippen LogP contribution in [0.15, 0.2) is 0 Å². The molecule has 1 heterocycles. The lowest BCUT2D eigenvalue weighted by molar-refractivity contribution is 0.0996. The van der Waals surface area contributed by atoms with E-state index in [-0.39, 0.29) is 0 Å². The molecule has 0 aliphatic carbocycles. The highest BCUT2D eigenvalue weighted by atomic mass is 16.5. The third kappa shape index (κ3) is 1.13. The highest BCUT2D eigenvalue weighted by Gasteiger charge is 2.17. The maximum Gasteiger partial charge on any atom is 0.256 e. The molecule has 0 radical (unpaired) electrons. The predicted octanol–water partition coefficient (Wildman–Crippen LogP) is -0.164. The van der Waals surface area contributed by atoms with Crippen LogP contribution in [-0.4, -0.2) is 22.8 Å². The van der Waals surface area contributed by atoms with Crippen LogP contribution >= 0.6 is 0 Å². The molecule has 1 aromatic rings. The third-order valence-electron chi connectivity index (χ3n) is 1.61. The second kappa shape index (κ2) is 2.84. The molecule has 0 atom stereocenters. The minimum Gasteiger partial charge on any atom is -0.481 e. The number of ether oxygens (including phenoxy) is 1. The van der Waals surface area contributed by atoms with Gasteiger partial charge in [0.25, 0.3) is 5.91 Å². The van der Waals surface area contributed by atoms with Crippen molar-refractivity contribution in [3.63, 3.8) is 0 Å². The average molecular weight is 169 g/mol. The van der Waals surface area contributed by atoms with Crippen LogP contribution in [0.2, 0.25) is 0 Å². The van der Waals surface area contributed by atoms with E-state index in [9.17, 15) is 4.79 Å². The van der Waals surface area contributed by atoms with Crippen molar-refractivity contribution < 1.29 is 9.53 Å². The van der Waals surface area contributed by atoms with Crippen molar-refractivity contribution in [1.29, 1.82) is 0 Å². The Morgan fingerprint density at radius 1 is 1.67 bits per heavy atom. The van der Waals surface area contributed by atoms with E-state index in [0.29, 0.717) is 17.1 Å². The van der Waals surface area contributed by atoms with E-state index in [1.54, 1.807) is 14.0 Å². The number of carbonyl (C=O) groups is 1. The van der Waals surface area contributed by atoms with E-state index in [0.717, 1.165) is 0 Å². The van der Waals surface area contributed by atoms with Crippen LogP contribution in [0.3, 0.4) is 0 Å². The van der Waals surface area contributed by atoms with Gasteiger partial charge in [-0.25, -0.2) is 4.68 Å². The first-order valence-corrected chi connectivity index (χ1v) is 3.45. The zero-order chi connectivity index (χ0) is 9.30. The number of amides is 1. The van der Waals surface area contributed by atoms with Gasteiger partial charge in [0.15, 0.2) is 0 Å². The van der Waals surface area contributed by atoms with Gasteiger partial charge in [0.2, 0.25) is 5.88 Å². The Kier molecular flexibility index (Phi) is 2.03. The van der Waals surface area contributed by atoms with Gasteiger partial charge in [0, 0.05) is 7.05 Å². The van der Waals surface area contributed by atoms with Gasteiger partial charge in [-0.15, -0.1) is 0 Å². The molecule has 0 unspecified atom stereocenters. The zero-order valence-electron chi connectivity index (χ0n) is 7.29. The summed E-state index contributed by atoms with van der Waals surface area (Å²) in [5.74, 6) is -0.113. The molecule has 5 heteroatoms. The molecule has 5 nitrogen and oxygen atoms in total. The SMILES string of the molecule is COc1c(C(N)=O)c(C)nn1C. The van der Waals surface area contributed by atoms with Gasteiger partial charge in [-0.1, -0.05) is 0 Å². The summed E-state index contributed by atoms with van der Waals surface area (Å²) in [4.78, 5) is 10.9. The fourth-order valence-electron chi connectivity index (χ4n) is 1.15. The fraction of sp³-hybridized carbons (Fsp3) is 0.429. The normalized spacial score (nSPS) is 9.92. The first-order chi connectivity index (χ1) is 5.57. The number of carbonyl (C=O) groups excluding carboxylic acids is 1. The smallest absolute Gasteiger partial charge is 0.256 e. The molecule has 66 valence electrons. The molecule has 0 aliphatic heterocycles. The van der Waals surface area contributed by atoms with Crippen LogP contribution in [0.4, 0.5) is 0 Å². The van der Waals surface area contributed by atoms with E-state index in [1.165, 1.54) is 11.8 Å². The van der Waals surface area contributed by atoms with Gasteiger partial charge in [-0.2, -0.15) is 5.10 Å². The summed E-state index contributed by atoms with van der Waals surface area (Å²) in [6, 6.07) is 0. The van der Waals surface area contributed by atoms with Crippen molar-refractivity contribution in [3.05, 3.63) is 11.3 Å². The minimum atomic E-state index is -0.516. The lowest BCUT2D eigenvalue weighted by Gasteiger charge is -2.00. The first-order valence-electron chi connectivity index (χ1n) is 3.45. The standard InChI is InChI=1S/C7H11N3O2/c1-4-5(6(8)11)7(12-3)10(2)9-4/h1-3H3,(H2,8,11). The molecule has 0 aromatic carbocycles. The molecule has 0 spiro atoms. The summed E-state index contributed by atoms with van der Waals surface area (Å²) in [6.45, 7) is 1.71. The third-order valence-corrected chi connectivity index (χ3v) is 1.61. The van der Waals surface area contributed by atoms with Gasteiger partial charge < -0.3 is 10.5 Å². The van der Waals surface area contributed by atoms with E-state index >= 15 is 0 Å².